The second-order valence-electron chi connectivity index (χ2n) is 7.15. The highest BCUT2D eigenvalue weighted by atomic mass is 35.5. The third-order valence-corrected chi connectivity index (χ3v) is 5.86. The Bertz CT molecular complexity index is 997. The van der Waals surface area contributed by atoms with Crippen molar-refractivity contribution in [2.75, 3.05) is 6.54 Å². The summed E-state index contributed by atoms with van der Waals surface area (Å²) in [5, 5.41) is 6.75. The number of nitrogens with zero attached hydrogens (tertiary/aromatic N) is 1. The molecule has 2 N–H and O–H groups in total. The van der Waals surface area contributed by atoms with Gasteiger partial charge in [0.1, 0.15) is 12.1 Å². The van der Waals surface area contributed by atoms with Crippen molar-refractivity contribution in [3.8, 4) is 0 Å². The summed E-state index contributed by atoms with van der Waals surface area (Å²) in [5.41, 5.74) is -0.105. The van der Waals surface area contributed by atoms with Gasteiger partial charge in [-0.1, -0.05) is 59.9 Å². The highest BCUT2D eigenvalue weighted by Crippen LogP contribution is 2.35. The van der Waals surface area contributed by atoms with E-state index >= 15 is 0 Å². The molecule has 0 aromatic heterocycles. The molecule has 3 rings (SSSR count). The van der Waals surface area contributed by atoms with Gasteiger partial charge in [0.15, 0.2) is 0 Å². The minimum Gasteiger partial charge on any atom is -0.348 e. The lowest BCUT2D eigenvalue weighted by Gasteiger charge is -2.24. The van der Waals surface area contributed by atoms with E-state index in [9.17, 15) is 14.4 Å². The number of hydrogen-bond acceptors (Lipinski definition) is 3. The van der Waals surface area contributed by atoms with Gasteiger partial charge < -0.3 is 10.6 Å². The zero-order valence-electron chi connectivity index (χ0n) is 16.3. The van der Waals surface area contributed by atoms with Crippen LogP contribution in [0.25, 0.3) is 0 Å². The lowest BCUT2D eigenvalue weighted by atomic mass is 9.92. The molecule has 0 bridgehead atoms. The van der Waals surface area contributed by atoms with Crippen LogP contribution in [0.2, 0.25) is 15.1 Å². The maximum absolute atomic E-state index is 13.0. The molecule has 1 fully saturated rings. The zero-order valence-corrected chi connectivity index (χ0v) is 18.6. The Morgan fingerprint density at radius 3 is 2.33 bits per heavy atom. The van der Waals surface area contributed by atoms with Crippen molar-refractivity contribution in [1.82, 2.24) is 15.5 Å². The van der Waals surface area contributed by atoms with Crippen molar-refractivity contribution in [2.24, 2.45) is 0 Å². The average molecular weight is 469 g/mol. The molecule has 1 aliphatic rings. The van der Waals surface area contributed by atoms with Gasteiger partial charge in [-0.3, -0.25) is 14.5 Å². The number of amides is 4. The zero-order chi connectivity index (χ0) is 22.1. The van der Waals surface area contributed by atoms with Gasteiger partial charge in [0.05, 0.1) is 6.04 Å². The number of carbonyl (C=O) groups is 3. The van der Waals surface area contributed by atoms with Crippen molar-refractivity contribution >= 4 is 52.6 Å². The summed E-state index contributed by atoms with van der Waals surface area (Å²) < 4.78 is 0. The van der Waals surface area contributed by atoms with E-state index in [2.05, 4.69) is 10.6 Å². The highest BCUT2D eigenvalue weighted by molar-refractivity contribution is 6.35. The van der Waals surface area contributed by atoms with Crippen LogP contribution in [0.15, 0.2) is 42.5 Å². The number of imide groups is 1. The Morgan fingerprint density at radius 1 is 1.10 bits per heavy atom. The predicted molar refractivity (Wildman–Crippen MR) is 117 cm³/mol. The van der Waals surface area contributed by atoms with Crippen LogP contribution in [0, 0.1) is 0 Å². The molecule has 2 aromatic rings. The molecule has 9 heteroatoms. The average Bonchev–Trinajstić information content (AvgIpc) is 2.90. The minimum absolute atomic E-state index is 0.249. The molecular weight excluding hydrogens is 449 g/mol. The fourth-order valence-corrected chi connectivity index (χ4v) is 4.14. The molecule has 2 unspecified atom stereocenters. The Labute approximate surface area is 189 Å². The maximum Gasteiger partial charge on any atom is 0.325 e. The van der Waals surface area contributed by atoms with Crippen LogP contribution in [0.1, 0.15) is 37.4 Å². The molecule has 4 amide bonds. The predicted octanol–water partition coefficient (Wildman–Crippen LogP) is 4.68. The summed E-state index contributed by atoms with van der Waals surface area (Å²) in [5.74, 6) is -1.02. The monoisotopic (exact) mass is 467 g/mol. The molecule has 1 saturated heterocycles. The molecule has 2 aromatic carbocycles. The largest absolute Gasteiger partial charge is 0.348 e. The number of carbonyl (C=O) groups excluding carboxylic acids is 3. The standard InChI is InChI=1S/C21H20Cl3N3O3/c1-3-17(12-4-6-13(22)7-5-12)25-18(28)11-27-19(29)21(2,26-20(27)30)15-9-8-14(23)10-16(15)24/h4-10,17H,3,11H2,1-2H3,(H,25,28)(H,26,30). The highest BCUT2D eigenvalue weighted by Gasteiger charge is 2.50. The summed E-state index contributed by atoms with van der Waals surface area (Å²) in [7, 11) is 0. The molecule has 0 aliphatic carbocycles. The molecule has 158 valence electrons. The summed E-state index contributed by atoms with van der Waals surface area (Å²) in [4.78, 5) is 39.0. The second kappa shape index (κ2) is 8.84. The van der Waals surface area contributed by atoms with Crippen molar-refractivity contribution in [1.29, 1.82) is 0 Å². The Balaban J connectivity index is 1.74. The third-order valence-electron chi connectivity index (χ3n) is 5.06. The second-order valence-corrected chi connectivity index (χ2v) is 8.43. The maximum atomic E-state index is 13.0. The van der Waals surface area contributed by atoms with Gasteiger partial charge in [0.25, 0.3) is 5.91 Å². The van der Waals surface area contributed by atoms with Gasteiger partial charge >= 0.3 is 6.03 Å². The molecule has 30 heavy (non-hydrogen) atoms. The number of rotatable bonds is 6. The SMILES string of the molecule is CCC(NC(=O)CN1C(=O)NC(C)(c2ccc(Cl)cc2Cl)C1=O)c1ccc(Cl)cc1. The van der Waals surface area contributed by atoms with E-state index in [1.54, 1.807) is 31.2 Å². The van der Waals surface area contributed by atoms with Crippen molar-refractivity contribution in [3.05, 3.63) is 68.7 Å². The van der Waals surface area contributed by atoms with Crippen molar-refractivity contribution < 1.29 is 14.4 Å². The third kappa shape index (κ3) is 4.41. The number of hydrogen-bond donors (Lipinski definition) is 2. The quantitative estimate of drug-likeness (QED) is 0.604. The summed E-state index contributed by atoms with van der Waals surface area (Å²) >= 11 is 18.1. The Morgan fingerprint density at radius 2 is 1.73 bits per heavy atom. The molecular formula is C21H20Cl3N3O3. The molecule has 6 nitrogen and oxygen atoms in total. The van der Waals surface area contributed by atoms with E-state index in [0.717, 1.165) is 10.5 Å². The molecule has 1 aliphatic heterocycles. The first-order chi connectivity index (χ1) is 14.2. The van der Waals surface area contributed by atoms with Gasteiger partial charge in [-0.2, -0.15) is 0 Å². The summed E-state index contributed by atoms with van der Waals surface area (Å²) in [6.07, 6.45) is 0.631. The van der Waals surface area contributed by atoms with Gasteiger partial charge in [-0.05, 0) is 43.2 Å². The molecule has 1 heterocycles. The van der Waals surface area contributed by atoms with Crippen LogP contribution in [0.5, 0.6) is 0 Å². The van der Waals surface area contributed by atoms with Gasteiger partial charge in [0, 0.05) is 20.6 Å². The fourth-order valence-electron chi connectivity index (χ4n) is 3.42. The van der Waals surface area contributed by atoms with Crippen LogP contribution in [-0.2, 0) is 15.1 Å². The normalized spacial score (nSPS) is 19.6. The van der Waals surface area contributed by atoms with E-state index in [-0.39, 0.29) is 11.1 Å². The first-order valence-electron chi connectivity index (χ1n) is 9.30. The first-order valence-corrected chi connectivity index (χ1v) is 10.4. The van der Waals surface area contributed by atoms with E-state index < -0.39 is 29.9 Å². The van der Waals surface area contributed by atoms with Crippen molar-refractivity contribution in [2.45, 2.75) is 31.8 Å². The molecule has 0 saturated carbocycles. The summed E-state index contributed by atoms with van der Waals surface area (Å²) in [6.45, 7) is 3.06. The van der Waals surface area contributed by atoms with Crippen molar-refractivity contribution in [3.63, 3.8) is 0 Å². The van der Waals surface area contributed by atoms with E-state index in [0.29, 0.717) is 22.0 Å². The fraction of sp³-hybridized carbons (Fsp3) is 0.286. The lowest BCUT2D eigenvalue weighted by molar-refractivity contribution is -0.135. The minimum atomic E-state index is -1.39. The van der Waals surface area contributed by atoms with Gasteiger partial charge in [-0.25, -0.2) is 4.79 Å². The Hall–Kier alpha value is -2.28. The summed E-state index contributed by atoms with van der Waals surface area (Å²) in [6, 6.07) is 10.9. The van der Waals surface area contributed by atoms with E-state index in [1.807, 2.05) is 19.1 Å². The number of benzene rings is 2. The van der Waals surface area contributed by atoms with Gasteiger partial charge in [0.2, 0.25) is 5.91 Å². The van der Waals surface area contributed by atoms with Crippen LogP contribution >= 0.6 is 34.8 Å². The van der Waals surface area contributed by atoms with E-state index in [4.69, 9.17) is 34.8 Å². The van der Waals surface area contributed by atoms with Crippen LogP contribution in [0.3, 0.4) is 0 Å². The Kier molecular flexibility index (Phi) is 6.60. The first kappa shape index (κ1) is 22.4. The lowest BCUT2D eigenvalue weighted by Crippen LogP contribution is -2.44. The smallest absolute Gasteiger partial charge is 0.325 e. The number of halogens is 3. The number of urea groups is 1. The number of nitrogens with one attached hydrogen (secondary N) is 2. The van der Waals surface area contributed by atoms with Crippen LogP contribution in [-0.4, -0.2) is 29.3 Å². The molecule has 0 radical (unpaired) electrons. The molecule has 0 spiro atoms. The van der Waals surface area contributed by atoms with E-state index in [1.165, 1.54) is 6.07 Å². The van der Waals surface area contributed by atoms with Crippen LogP contribution in [0.4, 0.5) is 4.79 Å². The van der Waals surface area contributed by atoms with Gasteiger partial charge in [-0.15, -0.1) is 0 Å². The molecule has 2 atom stereocenters. The van der Waals surface area contributed by atoms with Crippen LogP contribution < -0.4 is 10.6 Å². The topological polar surface area (TPSA) is 78.5 Å².